The first kappa shape index (κ1) is 7.28. The standard InChI is InChI=1S/C6H6N4O/c7-1-2-10-3-5(6(8)11)9-4-10/h3-4H,2H2,(H2,8,11). The summed E-state index contributed by atoms with van der Waals surface area (Å²) in [4.78, 5) is 14.2. The van der Waals surface area contributed by atoms with E-state index in [2.05, 4.69) is 4.98 Å². The molecule has 11 heavy (non-hydrogen) atoms. The van der Waals surface area contributed by atoms with Crippen LogP contribution in [0, 0.1) is 11.3 Å². The molecular weight excluding hydrogens is 144 g/mol. The summed E-state index contributed by atoms with van der Waals surface area (Å²) in [6.45, 7) is 0.181. The highest BCUT2D eigenvalue weighted by Gasteiger charge is 2.02. The van der Waals surface area contributed by atoms with Crippen molar-refractivity contribution in [3.63, 3.8) is 0 Å². The molecule has 1 heterocycles. The Morgan fingerprint density at radius 1 is 1.91 bits per heavy atom. The van der Waals surface area contributed by atoms with E-state index >= 15 is 0 Å². The molecule has 0 saturated carbocycles. The van der Waals surface area contributed by atoms with Gasteiger partial charge in [-0.05, 0) is 0 Å². The second kappa shape index (κ2) is 2.84. The van der Waals surface area contributed by atoms with Gasteiger partial charge in [-0.2, -0.15) is 5.26 Å². The van der Waals surface area contributed by atoms with Crippen LogP contribution in [0.2, 0.25) is 0 Å². The first-order chi connectivity index (χ1) is 5.24. The molecule has 0 aliphatic carbocycles. The Balaban J connectivity index is 2.83. The minimum absolute atomic E-state index is 0.181. The number of rotatable bonds is 2. The lowest BCUT2D eigenvalue weighted by Gasteiger charge is -1.87. The van der Waals surface area contributed by atoms with E-state index in [-0.39, 0.29) is 12.2 Å². The number of nitriles is 1. The number of carbonyl (C=O) groups is 1. The van der Waals surface area contributed by atoms with Crippen LogP contribution in [0.1, 0.15) is 10.5 Å². The molecule has 1 rings (SSSR count). The van der Waals surface area contributed by atoms with Crippen LogP contribution < -0.4 is 5.73 Å². The largest absolute Gasteiger partial charge is 0.364 e. The monoisotopic (exact) mass is 150 g/mol. The van der Waals surface area contributed by atoms with Gasteiger partial charge in [0.1, 0.15) is 12.2 Å². The maximum absolute atomic E-state index is 10.5. The molecule has 0 saturated heterocycles. The highest BCUT2D eigenvalue weighted by Crippen LogP contribution is 1.93. The molecule has 0 aromatic carbocycles. The lowest BCUT2D eigenvalue weighted by molar-refractivity contribution is 0.0996. The smallest absolute Gasteiger partial charge is 0.268 e. The van der Waals surface area contributed by atoms with Gasteiger partial charge < -0.3 is 10.3 Å². The summed E-state index contributed by atoms with van der Waals surface area (Å²) < 4.78 is 1.49. The van der Waals surface area contributed by atoms with E-state index < -0.39 is 5.91 Å². The van der Waals surface area contributed by atoms with E-state index in [0.29, 0.717) is 0 Å². The molecule has 0 atom stereocenters. The molecule has 5 heteroatoms. The number of carbonyl (C=O) groups excluding carboxylic acids is 1. The molecule has 0 aliphatic heterocycles. The second-order valence-electron chi connectivity index (χ2n) is 1.95. The number of amides is 1. The van der Waals surface area contributed by atoms with Crippen molar-refractivity contribution in [2.75, 3.05) is 0 Å². The maximum Gasteiger partial charge on any atom is 0.268 e. The Morgan fingerprint density at radius 3 is 3.09 bits per heavy atom. The van der Waals surface area contributed by atoms with Crippen LogP contribution >= 0.6 is 0 Å². The fraction of sp³-hybridized carbons (Fsp3) is 0.167. The molecule has 0 spiro atoms. The number of hydrogen-bond acceptors (Lipinski definition) is 3. The number of nitrogens with two attached hydrogens (primary N) is 1. The van der Waals surface area contributed by atoms with Crippen molar-refractivity contribution in [2.45, 2.75) is 6.54 Å². The molecule has 1 aromatic rings. The van der Waals surface area contributed by atoms with E-state index in [9.17, 15) is 4.79 Å². The van der Waals surface area contributed by atoms with Gasteiger partial charge in [-0.25, -0.2) is 4.98 Å². The third-order valence-corrected chi connectivity index (χ3v) is 1.14. The predicted octanol–water partition coefficient (Wildman–Crippen LogP) is -0.494. The van der Waals surface area contributed by atoms with Crippen molar-refractivity contribution in [1.29, 1.82) is 5.26 Å². The number of imidazole rings is 1. The van der Waals surface area contributed by atoms with Crippen molar-refractivity contribution in [1.82, 2.24) is 9.55 Å². The second-order valence-corrected chi connectivity index (χ2v) is 1.95. The number of hydrogen-bond donors (Lipinski definition) is 1. The van der Waals surface area contributed by atoms with Crippen molar-refractivity contribution >= 4 is 5.91 Å². The van der Waals surface area contributed by atoms with Crippen LogP contribution in [0.4, 0.5) is 0 Å². The average Bonchev–Trinajstić information content (AvgIpc) is 2.37. The van der Waals surface area contributed by atoms with Gasteiger partial charge in [-0.15, -0.1) is 0 Å². The Morgan fingerprint density at radius 2 is 2.64 bits per heavy atom. The molecule has 0 aliphatic rings. The zero-order valence-electron chi connectivity index (χ0n) is 5.69. The van der Waals surface area contributed by atoms with Gasteiger partial charge in [0.15, 0.2) is 0 Å². The lowest BCUT2D eigenvalue weighted by Crippen LogP contribution is -2.11. The van der Waals surface area contributed by atoms with Crippen LogP contribution in [0.15, 0.2) is 12.5 Å². The fourth-order valence-corrected chi connectivity index (χ4v) is 0.655. The summed E-state index contributed by atoms with van der Waals surface area (Å²) in [5.74, 6) is -0.582. The number of primary amides is 1. The van der Waals surface area contributed by atoms with Crippen LogP contribution in [-0.2, 0) is 6.54 Å². The molecule has 0 bridgehead atoms. The first-order valence-electron chi connectivity index (χ1n) is 2.92. The molecule has 56 valence electrons. The van der Waals surface area contributed by atoms with E-state index in [4.69, 9.17) is 11.0 Å². The van der Waals surface area contributed by atoms with Crippen LogP contribution in [-0.4, -0.2) is 15.5 Å². The number of aromatic nitrogens is 2. The highest BCUT2D eigenvalue weighted by molar-refractivity contribution is 5.90. The zero-order chi connectivity index (χ0) is 8.27. The van der Waals surface area contributed by atoms with Gasteiger partial charge >= 0.3 is 0 Å². The van der Waals surface area contributed by atoms with Crippen LogP contribution in [0.5, 0.6) is 0 Å². The van der Waals surface area contributed by atoms with Crippen LogP contribution in [0.25, 0.3) is 0 Å². The zero-order valence-corrected chi connectivity index (χ0v) is 5.69. The Hall–Kier alpha value is -1.83. The van der Waals surface area contributed by atoms with E-state index in [1.807, 2.05) is 6.07 Å². The molecule has 0 radical (unpaired) electrons. The minimum atomic E-state index is -0.582. The molecule has 0 unspecified atom stereocenters. The molecule has 5 nitrogen and oxygen atoms in total. The SMILES string of the molecule is N#CCn1cnc(C(N)=O)c1. The van der Waals surface area contributed by atoms with E-state index in [0.717, 1.165) is 0 Å². The maximum atomic E-state index is 10.5. The number of nitrogens with zero attached hydrogens (tertiary/aromatic N) is 3. The Bertz CT molecular complexity index is 309. The molecule has 0 fully saturated rings. The highest BCUT2D eigenvalue weighted by atomic mass is 16.1. The summed E-state index contributed by atoms with van der Waals surface area (Å²) in [6.07, 6.45) is 2.83. The Labute approximate surface area is 63.1 Å². The Kier molecular flexibility index (Phi) is 1.88. The average molecular weight is 150 g/mol. The molecule has 1 aromatic heterocycles. The van der Waals surface area contributed by atoms with Crippen molar-refractivity contribution in [2.24, 2.45) is 5.73 Å². The summed E-state index contributed by atoms with van der Waals surface area (Å²) in [7, 11) is 0. The lowest BCUT2D eigenvalue weighted by atomic mass is 10.5. The van der Waals surface area contributed by atoms with Crippen LogP contribution in [0.3, 0.4) is 0 Å². The van der Waals surface area contributed by atoms with Gasteiger partial charge in [0.05, 0.1) is 12.4 Å². The van der Waals surface area contributed by atoms with Gasteiger partial charge in [0.25, 0.3) is 5.91 Å². The minimum Gasteiger partial charge on any atom is -0.364 e. The molecule has 2 N–H and O–H groups in total. The molecule has 1 amide bonds. The summed E-state index contributed by atoms with van der Waals surface area (Å²) >= 11 is 0. The normalized spacial score (nSPS) is 9.00. The van der Waals surface area contributed by atoms with Gasteiger partial charge in [0.2, 0.25) is 0 Å². The van der Waals surface area contributed by atoms with Crippen molar-refractivity contribution in [3.05, 3.63) is 18.2 Å². The van der Waals surface area contributed by atoms with Crippen molar-refractivity contribution < 1.29 is 4.79 Å². The molecular formula is C6H6N4O. The van der Waals surface area contributed by atoms with E-state index in [1.54, 1.807) is 0 Å². The first-order valence-corrected chi connectivity index (χ1v) is 2.92. The third kappa shape index (κ3) is 1.55. The summed E-state index contributed by atoms with van der Waals surface area (Å²) in [5.41, 5.74) is 5.11. The quantitative estimate of drug-likeness (QED) is 0.617. The van der Waals surface area contributed by atoms with E-state index in [1.165, 1.54) is 17.1 Å². The topological polar surface area (TPSA) is 84.7 Å². The summed E-state index contributed by atoms with van der Waals surface area (Å²) in [6, 6.07) is 1.91. The fourth-order valence-electron chi connectivity index (χ4n) is 0.655. The third-order valence-electron chi connectivity index (χ3n) is 1.14. The van der Waals surface area contributed by atoms with Gasteiger partial charge in [0, 0.05) is 6.20 Å². The summed E-state index contributed by atoms with van der Waals surface area (Å²) in [5, 5.41) is 8.25. The van der Waals surface area contributed by atoms with Gasteiger partial charge in [-0.3, -0.25) is 4.79 Å². The van der Waals surface area contributed by atoms with Gasteiger partial charge in [-0.1, -0.05) is 0 Å². The van der Waals surface area contributed by atoms with Crippen molar-refractivity contribution in [3.8, 4) is 6.07 Å². The predicted molar refractivity (Wildman–Crippen MR) is 36.4 cm³/mol.